The van der Waals surface area contributed by atoms with Gasteiger partial charge in [-0.3, -0.25) is 4.98 Å². The summed E-state index contributed by atoms with van der Waals surface area (Å²) in [5, 5.41) is 0. The smallest absolute Gasteiger partial charge is 0.126 e. The van der Waals surface area contributed by atoms with Crippen LogP contribution >= 0.6 is 0 Å². The summed E-state index contributed by atoms with van der Waals surface area (Å²) in [4.78, 5) is 4.17. The molecule has 2 rings (SSSR count). The van der Waals surface area contributed by atoms with Gasteiger partial charge in [0.1, 0.15) is 5.82 Å². The first-order valence-corrected chi connectivity index (χ1v) is 4.86. The minimum atomic E-state index is -0.249. The Morgan fingerprint density at radius 1 is 1.07 bits per heavy atom. The van der Waals surface area contributed by atoms with Crippen molar-refractivity contribution in [3.05, 3.63) is 53.5 Å². The number of pyridine rings is 1. The van der Waals surface area contributed by atoms with Crippen LogP contribution in [0.5, 0.6) is 0 Å². The topological polar surface area (TPSA) is 12.9 Å². The van der Waals surface area contributed by atoms with Gasteiger partial charge in [0.15, 0.2) is 0 Å². The van der Waals surface area contributed by atoms with E-state index in [1.165, 1.54) is 18.3 Å². The highest BCUT2D eigenvalue weighted by molar-refractivity contribution is 5.64. The molecule has 0 saturated heterocycles. The van der Waals surface area contributed by atoms with Gasteiger partial charge in [-0.2, -0.15) is 0 Å². The zero-order valence-corrected chi connectivity index (χ0v) is 8.79. The maximum Gasteiger partial charge on any atom is 0.126 e. The first kappa shape index (κ1) is 9.84. The van der Waals surface area contributed by atoms with E-state index in [-0.39, 0.29) is 5.82 Å². The van der Waals surface area contributed by atoms with Gasteiger partial charge in [0, 0.05) is 17.8 Å². The molecular weight excluding hydrogens is 189 g/mol. The molecule has 1 aromatic heterocycles. The maximum absolute atomic E-state index is 13.0. The molecule has 0 fully saturated rings. The van der Waals surface area contributed by atoms with Crippen molar-refractivity contribution >= 4 is 0 Å². The van der Waals surface area contributed by atoms with E-state index >= 15 is 0 Å². The van der Waals surface area contributed by atoms with Gasteiger partial charge in [-0.25, -0.2) is 4.39 Å². The lowest BCUT2D eigenvalue weighted by atomic mass is 10.0. The second-order valence-electron chi connectivity index (χ2n) is 3.68. The van der Waals surface area contributed by atoms with Crippen LogP contribution in [0.4, 0.5) is 4.39 Å². The van der Waals surface area contributed by atoms with Crippen LogP contribution in [0.15, 0.2) is 36.5 Å². The molecule has 0 aliphatic carbocycles. The molecule has 1 heterocycles. The Morgan fingerprint density at radius 2 is 1.87 bits per heavy atom. The predicted molar refractivity (Wildman–Crippen MR) is 59.1 cm³/mol. The standard InChI is InChI=1S/C13H12FN/c1-9-3-4-10(2)12(7-9)13-8-11(14)5-6-15-13/h3-8H,1-2H3. The van der Waals surface area contributed by atoms with Gasteiger partial charge in [0.05, 0.1) is 5.69 Å². The molecule has 0 N–H and O–H groups in total. The monoisotopic (exact) mass is 201 g/mol. The van der Waals surface area contributed by atoms with Crippen molar-refractivity contribution in [1.29, 1.82) is 0 Å². The van der Waals surface area contributed by atoms with Crippen molar-refractivity contribution in [2.24, 2.45) is 0 Å². The average molecular weight is 201 g/mol. The summed E-state index contributed by atoms with van der Waals surface area (Å²) >= 11 is 0. The molecule has 1 aromatic carbocycles. The van der Waals surface area contributed by atoms with E-state index < -0.39 is 0 Å². The molecule has 0 atom stereocenters. The van der Waals surface area contributed by atoms with Crippen LogP contribution in [0.3, 0.4) is 0 Å². The highest BCUT2D eigenvalue weighted by atomic mass is 19.1. The normalized spacial score (nSPS) is 10.3. The van der Waals surface area contributed by atoms with Gasteiger partial charge in [-0.05, 0) is 31.5 Å². The minimum Gasteiger partial charge on any atom is -0.256 e. The Kier molecular flexibility index (Phi) is 2.50. The Morgan fingerprint density at radius 3 is 2.60 bits per heavy atom. The molecule has 0 aliphatic rings. The fourth-order valence-electron chi connectivity index (χ4n) is 1.56. The molecule has 76 valence electrons. The lowest BCUT2D eigenvalue weighted by molar-refractivity contribution is 0.626. The van der Waals surface area contributed by atoms with E-state index in [0.717, 1.165) is 16.7 Å². The largest absolute Gasteiger partial charge is 0.256 e. The van der Waals surface area contributed by atoms with Gasteiger partial charge in [-0.15, -0.1) is 0 Å². The second kappa shape index (κ2) is 3.81. The number of rotatable bonds is 1. The molecule has 0 radical (unpaired) electrons. The van der Waals surface area contributed by atoms with Crippen LogP contribution in [-0.2, 0) is 0 Å². The van der Waals surface area contributed by atoms with E-state index in [1.807, 2.05) is 32.0 Å². The van der Waals surface area contributed by atoms with E-state index in [4.69, 9.17) is 0 Å². The summed E-state index contributed by atoms with van der Waals surface area (Å²) in [6.45, 7) is 4.02. The number of benzene rings is 1. The van der Waals surface area contributed by atoms with Gasteiger partial charge >= 0.3 is 0 Å². The Bertz CT molecular complexity index is 492. The molecule has 0 saturated carbocycles. The summed E-state index contributed by atoms with van der Waals surface area (Å²) in [6.07, 6.45) is 1.49. The summed E-state index contributed by atoms with van der Waals surface area (Å²) in [5.41, 5.74) is 3.95. The molecule has 0 unspecified atom stereocenters. The van der Waals surface area contributed by atoms with Crippen LogP contribution in [0.2, 0.25) is 0 Å². The molecule has 2 aromatic rings. The lowest BCUT2D eigenvalue weighted by Crippen LogP contribution is -1.89. The Hall–Kier alpha value is -1.70. The highest BCUT2D eigenvalue weighted by Crippen LogP contribution is 2.22. The quantitative estimate of drug-likeness (QED) is 0.688. The van der Waals surface area contributed by atoms with Gasteiger partial charge in [-0.1, -0.05) is 17.7 Å². The van der Waals surface area contributed by atoms with Gasteiger partial charge in [0.25, 0.3) is 0 Å². The number of hydrogen-bond donors (Lipinski definition) is 0. The molecule has 0 spiro atoms. The van der Waals surface area contributed by atoms with E-state index in [9.17, 15) is 4.39 Å². The molecule has 2 heteroatoms. The number of aromatic nitrogens is 1. The molecular formula is C13H12FN. The fraction of sp³-hybridized carbons (Fsp3) is 0.154. The third kappa shape index (κ3) is 2.04. The molecule has 15 heavy (non-hydrogen) atoms. The summed E-state index contributed by atoms with van der Waals surface area (Å²) in [7, 11) is 0. The summed E-state index contributed by atoms with van der Waals surface area (Å²) in [5.74, 6) is -0.249. The van der Waals surface area contributed by atoms with E-state index in [0.29, 0.717) is 5.69 Å². The molecule has 0 aliphatic heterocycles. The van der Waals surface area contributed by atoms with E-state index in [2.05, 4.69) is 4.98 Å². The number of aryl methyl sites for hydroxylation is 2. The van der Waals surface area contributed by atoms with Crippen molar-refractivity contribution in [2.45, 2.75) is 13.8 Å². The van der Waals surface area contributed by atoms with E-state index in [1.54, 1.807) is 0 Å². The van der Waals surface area contributed by atoms with Crippen LogP contribution in [0.1, 0.15) is 11.1 Å². The second-order valence-corrected chi connectivity index (χ2v) is 3.68. The zero-order chi connectivity index (χ0) is 10.8. The lowest BCUT2D eigenvalue weighted by Gasteiger charge is -2.06. The SMILES string of the molecule is Cc1ccc(C)c(-c2cc(F)ccn2)c1. The van der Waals surface area contributed by atoms with Crippen LogP contribution in [0, 0.1) is 19.7 Å². The third-order valence-electron chi connectivity index (χ3n) is 2.39. The predicted octanol–water partition coefficient (Wildman–Crippen LogP) is 3.50. The van der Waals surface area contributed by atoms with Crippen LogP contribution in [0.25, 0.3) is 11.3 Å². The van der Waals surface area contributed by atoms with Crippen molar-refractivity contribution in [1.82, 2.24) is 4.98 Å². The van der Waals surface area contributed by atoms with Crippen molar-refractivity contribution in [3.63, 3.8) is 0 Å². The third-order valence-corrected chi connectivity index (χ3v) is 2.39. The Labute approximate surface area is 88.6 Å². The first-order valence-electron chi connectivity index (χ1n) is 4.86. The molecule has 1 nitrogen and oxygen atoms in total. The molecule has 0 amide bonds. The first-order chi connectivity index (χ1) is 7.16. The van der Waals surface area contributed by atoms with Crippen LogP contribution in [-0.4, -0.2) is 4.98 Å². The van der Waals surface area contributed by atoms with Crippen molar-refractivity contribution in [3.8, 4) is 11.3 Å². The number of nitrogens with zero attached hydrogens (tertiary/aromatic N) is 1. The summed E-state index contributed by atoms with van der Waals surface area (Å²) < 4.78 is 13.0. The highest BCUT2D eigenvalue weighted by Gasteiger charge is 2.04. The fourth-order valence-corrected chi connectivity index (χ4v) is 1.56. The molecule has 0 bridgehead atoms. The zero-order valence-electron chi connectivity index (χ0n) is 8.79. The van der Waals surface area contributed by atoms with Crippen molar-refractivity contribution < 1.29 is 4.39 Å². The van der Waals surface area contributed by atoms with Crippen LogP contribution < -0.4 is 0 Å². The average Bonchev–Trinajstić information content (AvgIpc) is 2.22. The maximum atomic E-state index is 13.0. The number of hydrogen-bond acceptors (Lipinski definition) is 1. The number of halogens is 1. The minimum absolute atomic E-state index is 0.249. The Balaban J connectivity index is 2.58. The van der Waals surface area contributed by atoms with Crippen molar-refractivity contribution in [2.75, 3.05) is 0 Å². The summed E-state index contributed by atoms with van der Waals surface area (Å²) in [6, 6.07) is 8.91. The van der Waals surface area contributed by atoms with Gasteiger partial charge < -0.3 is 0 Å². The van der Waals surface area contributed by atoms with Gasteiger partial charge in [0.2, 0.25) is 0 Å².